The third-order valence-electron chi connectivity index (χ3n) is 7.14. The first-order chi connectivity index (χ1) is 18.5. The fraction of sp³-hybridized carbons (Fsp3) is 0.379. The molecule has 0 bridgehead atoms. The minimum absolute atomic E-state index is 0.160. The molecule has 3 aromatic carbocycles. The number of hydrogen-bond acceptors (Lipinski definition) is 5. The minimum Gasteiger partial charge on any atom is -0.486 e. The Kier molecular flexibility index (Phi) is 8.71. The molecule has 38 heavy (non-hydrogen) atoms. The van der Waals surface area contributed by atoms with Gasteiger partial charge in [-0.25, -0.2) is 12.8 Å². The fourth-order valence-corrected chi connectivity index (χ4v) is 6.74. The van der Waals surface area contributed by atoms with E-state index in [9.17, 15) is 12.8 Å². The van der Waals surface area contributed by atoms with Crippen LogP contribution in [0.15, 0.2) is 77.7 Å². The van der Waals surface area contributed by atoms with Crippen LogP contribution in [0.3, 0.4) is 0 Å². The molecule has 0 radical (unpaired) electrons. The van der Waals surface area contributed by atoms with Crippen molar-refractivity contribution in [2.45, 2.75) is 30.5 Å². The highest BCUT2D eigenvalue weighted by Crippen LogP contribution is 2.32. The summed E-state index contributed by atoms with van der Waals surface area (Å²) in [5, 5.41) is 0. The van der Waals surface area contributed by atoms with Crippen LogP contribution in [0.5, 0.6) is 5.75 Å². The van der Waals surface area contributed by atoms with Gasteiger partial charge in [-0.3, -0.25) is 0 Å². The predicted octanol–water partition coefficient (Wildman–Crippen LogP) is 2.45. The largest absolute Gasteiger partial charge is 0.486 e. The number of morpholine rings is 1. The topological polar surface area (TPSA) is 69.5 Å². The summed E-state index contributed by atoms with van der Waals surface area (Å²) in [6.07, 6.45) is 0.466. The first-order valence-electron chi connectivity index (χ1n) is 13.0. The molecule has 202 valence electrons. The van der Waals surface area contributed by atoms with E-state index in [4.69, 9.17) is 14.2 Å². The lowest BCUT2D eigenvalue weighted by atomic mass is 10.0. The van der Waals surface area contributed by atoms with Crippen LogP contribution >= 0.6 is 0 Å². The average Bonchev–Trinajstić information content (AvgIpc) is 2.92. The van der Waals surface area contributed by atoms with Crippen molar-refractivity contribution in [2.24, 2.45) is 0 Å². The van der Waals surface area contributed by atoms with E-state index in [1.54, 1.807) is 0 Å². The average molecular weight is 542 g/mol. The second kappa shape index (κ2) is 12.4. The van der Waals surface area contributed by atoms with E-state index in [1.807, 2.05) is 54.6 Å². The summed E-state index contributed by atoms with van der Waals surface area (Å²) >= 11 is 0. The lowest BCUT2D eigenvalue weighted by molar-refractivity contribution is -0.908. The number of halogens is 1. The highest BCUT2D eigenvalue weighted by atomic mass is 32.2. The standard InChI is InChI=1S/C29H33FN2O5S/c30-26-10-11-28(37-17-14-31-12-15-35-16-13-31)29(19-26)38(33,34)32-20-24-8-4-5-9-25(24)21-36-22-27(32)18-23-6-2-1-3-7-23/h1-11,19,27H,12-18,20-22H2/p+1. The van der Waals surface area contributed by atoms with Gasteiger partial charge in [0.05, 0.1) is 32.5 Å². The van der Waals surface area contributed by atoms with Crippen molar-refractivity contribution in [3.05, 3.63) is 95.3 Å². The smallest absolute Gasteiger partial charge is 0.247 e. The van der Waals surface area contributed by atoms with Gasteiger partial charge in [0, 0.05) is 6.54 Å². The highest BCUT2D eigenvalue weighted by molar-refractivity contribution is 7.89. The number of benzene rings is 3. The fourth-order valence-electron chi connectivity index (χ4n) is 5.01. The lowest BCUT2D eigenvalue weighted by Gasteiger charge is -2.34. The molecule has 3 aromatic rings. The van der Waals surface area contributed by atoms with E-state index in [-0.39, 0.29) is 23.8 Å². The Hall–Kier alpha value is -2.82. The van der Waals surface area contributed by atoms with Crippen molar-refractivity contribution < 1.29 is 31.9 Å². The molecule has 1 saturated heterocycles. The SMILES string of the molecule is O=S(=O)(c1cc(F)ccc1OCC[NH+]1CCOCC1)N1Cc2ccccc2COCC1Cc1ccccc1. The zero-order valence-corrected chi connectivity index (χ0v) is 22.2. The molecule has 2 aliphatic rings. The van der Waals surface area contributed by atoms with E-state index in [1.165, 1.54) is 21.3 Å². The zero-order chi connectivity index (χ0) is 26.4. The maximum Gasteiger partial charge on any atom is 0.247 e. The van der Waals surface area contributed by atoms with Gasteiger partial charge in [0.2, 0.25) is 10.0 Å². The molecular weight excluding hydrogens is 507 g/mol. The van der Waals surface area contributed by atoms with Gasteiger partial charge in [-0.05, 0) is 41.3 Å². The van der Waals surface area contributed by atoms with Gasteiger partial charge in [0.15, 0.2) is 0 Å². The molecule has 1 N–H and O–H groups in total. The second-order valence-corrected chi connectivity index (χ2v) is 11.6. The molecule has 0 spiro atoms. The normalized spacial score (nSPS) is 19.3. The summed E-state index contributed by atoms with van der Waals surface area (Å²) < 4.78 is 62.0. The van der Waals surface area contributed by atoms with Crippen LogP contribution in [0.1, 0.15) is 16.7 Å². The summed E-state index contributed by atoms with van der Waals surface area (Å²) in [5.41, 5.74) is 2.80. The maximum atomic E-state index is 14.5. The Morgan fingerprint density at radius 1 is 0.947 bits per heavy atom. The molecule has 2 aliphatic heterocycles. The van der Waals surface area contributed by atoms with Crippen LogP contribution in [0.2, 0.25) is 0 Å². The van der Waals surface area contributed by atoms with E-state index >= 15 is 0 Å². The molecule has 0 saturated carbocycles. The Morgan fingerprint density at radius 2 is 1.68 bits per heavy atom. The number of sulfonamides is 1. The second-order valence-electron chi connectivity index (χ2n) is 9.73. The number of nitrogens with one attached hydrogen (secondary N) is 1. The zero-order valence-electron chi connectivity index (χ0n) is 21.4. The quantitative estimate of drug-likeness (QED) is 0.475. The predicted molar refractivity (Wildman–Crippen MR) is 141 cm³/mol. The summed E-state index contributed by atoms with van der Waals surface area (Å²) in [4.78, 5) is 1.17. The number of ether oxygens (including phenoxy) is 3. The molecule has 0 amide bonds. The van der Waals surface area contributed by atoms with Gasteiger partial charge in [0.1, 0.15) is 42.7 Å². The Bertz CT molecular complexity index is 1320. The number of rotatable bonds is 8. The number of quaternary nitrogens is 1. The molecule has 1 atom stereocenters. The van der Waals surface area contributed by atoms with Crippen molar-refractivity contribution in [1.29, 1.82) is 0 Å². The Morgan fingerprint density at radius 3 is 2.47 bits per heavy atom. The molecule has 0 aromatic heterocycles. The van der Waals surface area contributed by atoms with E-state index in [2.05, 4.69) is 0 Å². The molecule has 7 nitrogen and oxygen atoms in total. The highest BCUT2D eigenvalue weighted by Gasteiger charge is 2.36. The Labute approximate surface area is 223 Å². The van der Waals surface area contributed by atoms with Crippen LogP contribution in [0.25, 0.3) is 0 Å². The molecule has 2 heterocycles. The van der Waals surface area contributed by atoms with E-state index < -0.39 is 21.9 Å². The van der Waals surface area contributed by atoms with Gasteiger partial charge in [-0.2, -0.15) is 4.31 Å². The van der Waals surface area contributed by atoms with Crippen LogP contribution in [-0.2, 0) is 39.1 Å². The summed E-state index contributed by atoms with van der Waals surface area (Å²) in [5.74, 6) is -0.466. The molecule has 1 unspecified atom stereocenters. The first kappa shape index (κ1) is 26.8. The third kappa shape index (κ3) is 6.42. The van der Waals surface area contributed by atoms with E-state index in [0.29, 0.717) is 39.4 Å². The summed E-state index contributed by atoms with van der Waals surface area (Å²) in [7, 11) is -4.16. The molecule has 5 rings (SSSR count). The third-order valence-corrected chi connectivity index (χ3v) is 9.06. The van der Waals surface area contributed by atoms with Gasteiger partial charge in [0.25, 0.3) is 0 Å². The van der Waals surface area contributed by atoms with Gasteiger partial charge < -0.3 is 19.1 Å². The van der Waals surface area contributed by atoms with Gasteiger partial charge >= 0.3 is 0 Å². The number of nitrogens with zero attached hydrogens (tertiary/aromatic N) is 1. The molecule has 0 aliphatic carbocycles. The molecule has 1 fully saturated rings. The van der Waals surface area contributed by atoms with E-state index in [0.717, 1.165) is 35.8 Å². The van der Waals surface area contributed by atoms with Gasteiger partial charge in [-0.15, -0.1) is 0 Å². The van der Waals surface area contributed by atoms with Crippen LogP contribution in [0, 0.1) is 5.82 Å². The molecule has 9 heteroatoms. The first-order valence-corrected chi connectivity index (χ1v) is 14.5. The van der Waals surface area contributed by atoms with Crippen LogP contribution in [-0.4, -0.2) is 64.8 Å². The van der Waals surface area contributed by atoms with Crippen molar-refractivity contribution in [3.63, 3.8) is 0 Å². The summed E-state index contributed by atoms with van der Waals surface area (Å²) in [6.45, 7) is 4.98. The monoisotopic (exact) mass is 541 g/mol. The van der Waals surface area contributed by atoms with Crippen LogP contribution < -0.4 is 9.64 Å². The molecular formula is C29H34FN2O5S+. The maximum absolute atomic E-state index is 14.5. The minimum atomic E-state index is -4.16. The van der Waals surface area contributed by atoms with Crippen molar-refractivity contribution in [3.8, 4) is 5.75 Å². The van der Waals surface area contributed by atoms with Gasteiger partial charge in [-0.1, -0.05) is 54.6 Å². The van der Waals surface area contributed by atoms with Crippen LogP contribution in [0.4, 0.5) is 4.39 Å². The van der Waals surface area contributed by atoms with Crippen molar-refractivity contribution in [1.82, 2.24) is 4.31 Å². The Balaban J connectivity index is 1.46. The van der Waals surface area contributed by atoms with Crippen molar-refractivity contribution in [2.75, 3.05) is 46.1 Å². The number of hydrogen-bond donors (Lipinski definition) is 1. The summed E-state index contributed by atoms with van der Waals surface area (Å²) in [6, 6.07) is 20.7. The number of fused-ring (bicyclic) bond motifs is 1. The lowest BCUT2D eigenvalue weighted by Crippen LogP contribution is -3.14. The van der Waals surface area contributed by atoms with Crippen molar-refractivity contribution >= 4 is 10.0 Å².